The lowest BCUT2D eigenvalue weighted by Crippen LogP contribution is -2.36. The average molecular weight is 316 g/mol. The summed E-state index contributed by atoms with van der Waals surface area (Å²) in [4.78, 5) is 1.78. The van der Waals surface area contributed by atoms with Crippen molar-refractivity contribution in [3.05, 3.63) is 29.6 Å². The lowest BCUT2D eigenvalue weighted by molar-refractivity contribution is 0.418. The molecule has 0 heterocycles. The van der Waals surface area contributed by atoms with Crippen LogP contribution in [0.2, 0.25) is 0 Å². The molecule has 0 radical (unpaired) electrons. The molecule has 0 atom stereocenters. The van der Waals surface area contributed by atoms with Gasteiger partial charge in [-0.15, -0.1) is 0 Å². The number of halogens is 1. The van der Waals surface area contributed by atoms with Crippen molar-refractivity contribution in [2.24, 2.45) is 0 Å². The fourth-order valence-electron chi connectivity index (χ4n) is 1.86. The van der Waals surface area contributed by atoms with Gasteiger partial charge in [-0.1, -0.05) is 6.07 Å². The predicted molar refractivity (Wildman–Crippen MR) is 86.0 cm³/mol. The topological polar surface area (TPSA) is 49.4 Å². The second-order valence-electron chi connectivity index (χ2n) is 6.39. The lowest BCUT2D eigenvalue weighted by Gasteiger charge is -2.26. The highest BCUT2D eigenvalue weighted by Gasteiger charge is 2.16. The predicted octanol–water partition coefficient (Wildman–Crippen LogP) is 2.19. The van der Waals surface area contributed by atoms with E-state index in [4.69, 9.17) is 0 Å². The van der Waals surface area contributed by atoms with Crippen LogP contribution in [0.15, 0.2) is 18.2 Å². The van der Waals surface area contributed by atoms with Crippen LogP contribution in [0, 0.1) is 5.82 Å². The van der Waals surface area contributed by atoms with Gasteiger partial charge in [-0.3, -0.25) is 0 Å². The molecule has 0 saturated heterocycles. The van der Waals surface area contributed by atoms with Crippen LogP contribution in [0.25, 0.3) is 0 Å². The third-order valence-corrected chi connectivity index (χ3v) is 4.02. The summed E-state index contributed by atoms with van der Waals surface area (Å²) in [6.07, 6.45) is 1.20. The summed E-state index contributed by atoms with van der Waals surface area (Å²) in [7, 11) is -1.26. The van der Waals surface area contributed by atoms with Crippen molar-refractivity contribution in [3.8, 4) is 0 Å². The molecule has 0 saturated carbocycles. The first kappa shape index (κ1) is 17.9. The minimum Gasteiger partial charge on any atom is -0.373 e. The van der Waals surface area contributed by atoms with E-state index in [0.717, 1.165) is 5.69 Å². The number of nitrogens with zero attached hydrogens (tertiary/aromatic N) is 1. The molecule has 0 unspecified atom stereocenters. The first-order chi connectivity index (χ1) is 9.49. The molecule has 0 fully saturated rings. The van der Waals surface area contributed by atoms with Crippen LogP contribution in [-0.2, 0) is 16.4 Å². The van der Waals surface area contributed by atoms with Gasteiger partial charge in [0, 0.05) is 43.2 Å². The van der Waals surface area contributed by atoms with Gasteiger partial charge in [0.2, 0.25) is 0 Å². The van der Waals surface area contributed by atoms with Gasteiger partial charge >= 0.3 is 0 Å². The molecule has 0 aliphatic rings. The Morgan fingerprint density at radius 2 is 1.90 bits per heavy atom. The number of benzene rings is 1. The fourth-order valence-corrected chi connectivity index (χ4v) is 2.46. The molecular formula is C15H25FN2O2S. The first-order valence-corrected chi connectivity index (χ1v) is 8.97. The maximum absolute atomic E-state index is 14.1. The van der Waals surface area contributed by atoms with E-state index in [1.54, 1.807) is 18.0 Å². The van der Waals surface area contributed by atoms with E-state index in [1.807, 2.05) is 26.8 Å². The van der Waals surface area contributed by atoms with E-state index < -0.39 is 9.84 Å². The van der Waals surface area contributed by atoms with E-state index in [9.17, 15) is 12.8 Å². The van der Waals surface area contributed by atoms with E-state index in [0.29, 0.717) is 18.7 Å². The Morgan fingerprint density at radius 1 is 1.29 bits per heavy atom. The molecule has 0 aliphatic carbocycles. The lowest BCUT2D eigenvalue weighted by atomic mass is 10.1. The molecule has 120 valence electrons. The second-order valence-corrected chi connectivity index (χ2v) is 8.65. The molecule has 1 rings (SSSR count). The molecule has 1 N–H and O–H groups in total. The van der Waals surface area contributed by atoms with Crippen molar-refractivity contribution >= 4 is 15.5 Å². The van der Waals surface area contributed by atoms with Crippen molar-refractivity contribution in [3.63, 3.8) is 0 Å². The van der Waals surface area contributed by atoms with E-state index in [1.165, 1.54) is 12.3 Å². The van der Waals surface area contributed by atoms with Gasteiger partial charge in [-0.2, -0.15) is 0 Å². The molecule has 0 spiro atoms. The fraction of sp³-hybridized carbons (Fsp3) is 0.600. The van der Waals surface area contributed by atoms with Crippen LogP contribution >= 0.6 is 0 Å². The minimum absolute atomic E-state index is 0.0478. The zero-order valence-corrected chi connectivity index (χ0v) is 14.2. The van der Waals surface area contributed by atoms with Crippen molar-refractivity contribution in [2.75, 3.05) is 30.5 Å². The number of sulfone groups is 1. The summed E-state index contributed by atoms with van der Waals surface area (Å²) < 4.78 is 36.6. The standard InChI is InChI=1S/C15H25FN2O2S/c1-15(2,3)17-11-12-13(16)7-6-8-14(12)18(4)9-10-21(5,19)20/h6-8,17H,9-11H2,1-5H3. The van der Waals surface area contributed by atoms with E-state index in [-0.39, 0.29) is 17.1 Å². The Balaban J connectivity index is 2.93. The Hall–Kier alpha value is -1.14. The van der Waals surface area contributed by atoms with Gasteiger partial charge in [0.05, 0.1) is 5.75 Å². The maximum atomic E-state index is 14.1. The van der Waals surface area contributed by atoms with Gasteiger partial charge in [-0.25, -0.2) is 12.8 Å². The zero-order valence-electron chi connectivity index (χ0n) is 13.4. The summed E-state index contributed by atoms with van der Waals surface area (Å²) in [5.41, 5.74) is 1.16. The van der Waals surface area contributed by atoms with Crippen LogP contribution in [0.3, 0.4) is 0 Å². The van der Waals surface area contributed by atoms with Crippen LogP contribution < -0.4 is 10.2 Å². The summed E-state index contributed by atoms with van der Waals surface area (Å²) in [5, 5.41) is 3.26. The van der Waals surface area contributed by atoms with Crippen LogP contribution in [-0.4, -0.2) is 39.6 Å². The first-order valence-electron chi connectivity index (χ1n) is 6.91. The molecule has 0 aliphatic heterocycles. The normalized spacial score (nSPS) is 12.5. The summed E-state index contributed by atoms with van der Waals surface area (Å²) >= 11 is 0. The molecule has 1 aromatic carbocycles. The maximum Gasteiger partial charge on any atom is 0.149 e. The van der Waals surface area contributed by atoms with Crippen molar-refractivity contribution in [1.82, 2.24) is 5.32 Å². The van der Waals surface area contributed by atoms with Gasteiger partial charge in [0.15, 0.2) is 0 Å². The third-order valence-electron chi connectivity index (χ3n) is 3.10. The molecule has 0 bridgehead atoms. The molecule has 21 heavy (non-hydrogen) atoms. The molecular weight excluding hydrogens is 291 g/mol. The summed E-state index contributed by atoms with van der Waals surface area (Å²) in [5.74, 6) is -0.234. The highest BCUT2D eigenvalue weighted by molar-refractivity contribution is 7.90. The monoisotopic (exact) mass is 316 g/mol. The minimum atomic E-state index is -3.04. The quantitative estimate of drug-likeness (QED) is 0.874. The highest BCUT2D eigenvalue weighted by Crippen LogP contribution is 2.23. The van der Waals surface area contributed by atoms with Crippen molar-refractivity contribution in [1.29, 1.82) is 0 Å². The Kier molecular flexibility index (Phi) is 5.75. The SMILES string of the molecule is CN(CCS(C)(=O)=O)c1cccc(F)c1CNC(C)(C)C. The number of anilines is 1. The number of rotatable bonds is 6. The molecule has 0 amide bonds. The van der Waals surface area contributed by atoms with Crippen LogP contribution in [0.5, 0.6) is 0 Å². The summed E-state index contributed by atoms with van der Waals surface area (Å²) in [6.45, 7) is 6.78. The smallest absolute Gasteiger partial charge is 0.149 e. The molecule has 1 aromatic rings. The number of nitrogens with one attached hydrogen (secondary N) is 1. The van der Waals surface area contributed by atoms with Gasteiger partial charge in [0.25, 0.3) is 0 Å². The van der Waals surface area contributed by atoms with E-state index in [2.05, 4.69) is 5.32 Å². The Labute approximate surface area is 127 Å². The highest BCUT2D eigenvalue weighted by atomic mass is 32.2. The van der Waals surface area contributed by atoms with Gasteiger partial charge < -0.3 is 10.2 Å². The van der Waals surface area contributed by atoms with Crippen molar-refractivity contribution in [2.45, 2.75) is 32.9 Å². The Bertz CT molecular complexity index is 580. The molecule has 4 nitrogen and oxygen atoms in total. The number of hydrogen-bond donors (Lipinski definition) is 1. The van der Waals surface area contributed by atoms with Gasteiger partial charge in [0.1, 0.15) is 15.7 Å². The zero-order chi connectivity index (χ0) is 16.3. The average Bonchev–Trinajstić information content (AvgIpc) is 2.32. The largest absolute Gasteiger partial charge is 0.373 e. The van der Waals surface area contributed by atoms with Crippen LogP contribution in [0.1, 0.15) is 26.3 Å². The van der Waals surface area contributed by atoms with E-state index >= 15 is 0 Å². The summed E-state index contributed by atoms with van der Waals surface area (Å²) in [6, 6.07) is 4.88. The van der Waals surface area contributed by atoms with Crippen LogP contribution in [0.4, 0.5) is 10.1 Å². The van der Waals surface area contributed by atoms with Crippen molar-refractivity contribution < 1.29 is 12.8 Å². The molecule has 6 heteroatoms. The second kappa shape index (κ2) is 6.75. The van der Waals surface area contributed by atoms with Gasteiger partial charge in [-0.05, 0) is 32.9 Å². The Morgan fingerprint density at radius 3 is 2.43 bits per heavy atom. The molecule has 0 aromatic heterocycles. The third kappa shape index (κ3) is 6.44. The number of hydrogen-bond acceptors (Lipinski definition) is 4.